The minimum atomic E-state index is 0.261. The van der Waals surface area contributed by atoms with Gasteiger partial charge in [-0.1, -0.05) is 27.2 Å². The highest BCUT2D eigenvalue weighted by Gasteiger charge is 2.21. The summed E-state index contributed by atoms with van der Waals surface area (Å²) < 4.78 is 11.5. The molecule has 114 valence electrons. The summed E-state index contributed by atoms with van der Waals surface area (Å²) >= 11 is 0. The van der Waals surface area contributed by atoms with Crippen LogP contribution in [-0.2, 0) is 9.47 Å². The molecule has 0 saturated carbocycles. The molecule has 1 saturated heterocycles. The van der Waals surface area contributed by atoms with Crippen molar-refractivity contribution in [1.29, 1.82) is 0 Å². The van der Waals surface area contributed by atoms with Gasteiger partial charge in [-0.05, 0) is 25.4 Å². The molecule has 1 heterocycles. The zero-order chi connectivity index (χ0) is 13.9. The quantitative estimate of drug-likeness (QED) is 0.614. The number of morpholine rings is 1. The Hall–Kier alpha value is -0.160. The normalized spacial score (nSPS) is 22.6. The number of nitrogens with zero attached hydrogens (tertiary/aromatic N) is 1. The summed E-state index contributed by atoms with van der Waals surface area (Å²) in [4.78, 5) is 2.52. The van der Waals surface area contributed by atoms with Gasteiger partial charge in [-0.2, -0.15) is 0 Å². The summed E-state index contributed by atoms with van der Waals surface area (Å²) in [5.74, 6) is 0.778. The third kappa shape index (κ3) is 7.88. The van der Waals surface area contributed by atoms with Crippen LogP contribution in [-0.4, -0.2) is 63.5 Å². The lowest BCUT2D eigenvalue weighted by atomic mass is 10.1. The molecular weight excluding hydrogens is 240 g/mol. The molecule has 0 aromatic carbocycles. The van der Waals surface area contributed by atoms with Crippen molar-refractivity contribution in [2.45, 2.75) is 39.7 Å². The Kier molecular flexibility index (Phi) is 9.43. The van der Waals surface area contributed by atoms with Crippen LogP contribution in [0.3, 0.4) is 0 Å². The number of ether oxygens (including phenoxy) is 2. The van der Waals surface area contributed by atoms with Crippen molar-refractivity contribution in [3.05, 3.63) is 0 Å². The second-order valence-corrected chi connectivity index (χ2v) is 5.55. The number of nitrogens with one attached hydrogen (secondary N) is 1. The van der Waals surface area contributed by atoms with Crippen molar-refractivity contribution in [2.24, 2.45) is 5.92 Å². The first-order valence-corrected chi connectivity index (χ1v) is 7.88. The van der Waals surface area contributed by atoms with Crippen LogP contribution >= 0.6 is 0 Å². The molecule has 2 atom stereocenters. The molecule has 4 nitrogen and oxygen atoms in total. The molecule has 0 aromatic heterocycles. The highest BCUT2D eigenvalue weighted by molar-refractivity contribution is 4.72. The van der Waals surface area contributed by atoms with E-state index in [0.29, 0.717) is 0 Å². The fourth-order valence-electron chi connectivity index (χ4n) is 2.31. The van der Waals surface area contributed by atoms with E-state index in [2.05, 4.69) is 31.0 Å². The van der Waals surface area contributed by atoms with E-state index in [-0.39, 0.29) is 6.10 Å². The Labute approximate surface area is 118 Å². The first kappa shape index (κ1) is 16.9. The molecule has 0 spiro atoms. The molecular formula is C15H32N2O2. The SMILES string of the molecule is CCNCCCOC[C@@H]1CN(CC(C)CC)CCO1. The van der Waals surface area contributed by atoms with Crippen molar-refractivity contribution in [3.8, 4) is 0 Å². The topological polar surface area (TPSA) is 33.7 Å². The molecule has 1 fully saturated rings. The van der Waals surface area contributed by atoms with Crippen molar-refractivity contribution < 1.29 is 9.47 Å². The van der Waals surface area contributed by atoms with Gasteiger partial charge in [-0.15, -0.1) is 0 Å². The van der Waals surface area contributed by atoms with Gasteiger partial charge in [0.25, 0.3) is 0 Å². The van der Waals surface area contributed by atoms with Gasteiger partial charge in [-0.3, -0.25) is 4.90 Å². The maximum atomic E-state index is 5.77. The average Bonchev–Trinajstić information content (AvgIpc) is 2.43. The van der Waals surface area contributed by atoms with Crippen LogP contribution < -0.4 is 5.32 Å². The van der Waals surface area contributed by atoms with Gasteiger partial charge in [0.1, 0.15) is 0 Å². The lowest BCUT2D eigenvalue weighted by Crippen LogP contribution is -2.45. The van der Waals surface area contributed by atoms with Crippen molar-refractivity contribution in [2.75, 3.05) is 52.5 Å². The van der Waals surface area contributed by atoms with Crippen LogP contribution in [0.1, 0.15) is 33.6 Å². The standard InChI is InChI=1S/C15H32N2O2/c1-4-14(3)11-17-8-10-19-15(12-17)13-18-9-6-7-16-5-2/h14-16H,4-13H2,1-3H3/t14?,15-/m0/s1. The van der Waals surface area contributed by atoms with Crippen LogP contribution in [0.4, 0.5) is 0 Å². The predicted molar refractivity (Wildman–Crippen MR) is 79.6 cm³/mol. The van der Waals surface area contributed by atoms with E-state index in [9.17, 15) is 0 Å². The number of hydrogen-bond acceptors (Lipinski definition) is 4. The van der Waals surface area contributed by atoms with E-state index >= 15 is 0 Å². The Morgan fingerprint density at radius 1 is 1.42 bits per heavy atom. The third-order valence-electron chi connectivity index (χ3n) is 3.69. The summed E-state index contributed by atoms with van der Waals surface area (Å²) in [6.07, 6.45) is 2.59. The molecule has 1 unspecified atom stereocenters. The fraction of sp³-hybridized carbons (Fsp3) is 1.00. The van der Waals surface area contributed by atoms with Crippen LogP contribution in [0.5, 0.6) is 0 Å². The molecule has 0 aliphatic carbocycles. The lowest BCUT2D eigenvalue weighted by Gasteiger charge is -2.34. The van der Waals surface area contributed by atoms with Gasteiger partial charge in [0.2, 0.25) is 0 Å². The smallest absolute Gasteiger partial charge is 0.0935 e. The first-order valence-electron chi connectivity index (χ1n) is 7.88. The molecule has 1 rings (SSSR count). The highest BCUT2D eigenvalue weighted by atomic mass is 16.5. The highest BCUT2D eigenvalue weighted by Crippen LogP contribution is 2.10. The van der Waals surface area contributed by atoms with E-state index < -0.39 is 0 Å². The molecule has 0 aromatic rings. The summed E-state index contributed by atoms with van der Waals surface area (Å²) in [5.41, 5.74) is 0. The Bertz CT molecular complexity index is 214. The van der Waals surface area contributed by atoms with Gasteiger partial charge in [0.15, 0.2) is 0 Å². The molecule has 0 bridgehead atoms. The van der Waals surface area contributed by atoms with E-state index in [4.69, 9.17) is 9.47 Å². The third-order valence-corrected chi connectivity index (χ3v) is 3.69. The minimum absolute atomic E-state index is 0.261. The van der Waals surface area contributed by atoms with Crippen LogP contribution in [0.25, 0.3) is 0 Å². The molecule has 1 N–H and O–H groups in total. The monoisotopic (exact) mass is 272 g/mol. The fourth-order valence-corrected chi connectivity index (χ4v) is 2.31. The lowest BCUT2D eigenvalue weighted by molar-refractivity contribution is -0.0716. The summed E-state index contributed by atoms with van der Waals surface area (Å²) in [5, 5.41) is 3.30. The van der Waals surface area contributed by atoms with Crippen molar-refractivity contribution >= 4 is 0 Å². The summed E-state index contributed by atoms with van der Waals surface area (Å²) in [6.45, 7) is 14.5. The maximum Gasteiger partial charge on any atom is 0.0935 e. The van der Waals surface area contributed by atoms with Crippen molar-refractivity contribution in [1.82, 2.24) is 10.2 Å². The molecule has 4 heteroatoms. The Morgan fingerprint density at radius 3 is 3.00 bits per heavy atom. The molecule has 0 amide bonds. The second kappa shape index (κ2) is 10.6. The van der Waals surface area contributed by atoms with E-state index in [1.807, 2.05) is 0 Å². The number of hydrogen-bond donors (Lipinski definition) is 1. The maximum absolute atomic E-state index is 5.77. The predicted octanol–water partition coefficient (Wildman–Crippen LogP) is 1.75. The van der Waals surface area contributed by atoms with Gasteiger partial charge in [0, 0.05) is 26.2 Å². The second-order valence-electron chi connectivity index (χ2n) is 5.55. The van der Waals surface area contributed by atoms with E-state index in [1.54, 1.807) is 0 Å². The van der Waals surface area contributed by atoms with Gasteiger partial charge >= 0.3 is 0 Å². The molecule has 1 aliphatic rings. The van der Waals surface area contributed by atoms with Crippen LogP contribution in [0.15, 0.2) is 0 Å². The van der Waals surface area contributed by atoms with Gasteiger partial charge in [0.05, 0.1) is 19.3 Å². The molecule has 1 aliphatic heterocycles. The summed E-state index contributed by atoms with van der Waals surface area (Å²) in [7, 11) is 0. The van der Waals surface area contributed by atoms with Crippen molar-refractivity contribution in [3.63, 3.8) is 0 Å². The average molecular weight is 272 g/mol. The Morgan fingerprint density at radius 2 is 2.26 bits per heavy atom. The summed E-state index contributed by atoms with van der Waals surface area (Å²) in [6, 6.07) is 0. The largest absolute Gasteiger partial charge is 0.379 e. The van der Waals surface area contributed by atoms with E-state index in [1.165, 1.54) is 13.0 Å². The minimum Gasteiger partial charge on any atom is -0.379 e. The molecule has 0 radical (unpaired) electrons. The van der Waals surface area contributed by atoms with Gasteiger partial charge < -0.3 is 14.8 Å². The van der Waals surface area contributed by atoms with Crippen LogP contribution in [0.2, 0.25) is 0 Å². The van der Waals surface area contributed by atoms with Gasteiger partial charge in [-0.25, -0.2) is 0 Å². The van der Waals surface area contributed by atoms with E-state index in [0.717, 1.165) is 58.3 Å². The number of rotatable bonds is 10. The molecule has 19 heavy (non-hydrogen) atoms. The zero-order valence-corrected chi connectivity index (χ0v) is 13.0. The zero-order valence-electron chi connectivity index (χ0n) is 13.0. The first-order chi connectivity index (χ1) is 9.26. The Balaban J connectivity index is 2.06. The van der Waals surface area contributed by atoms with Crippen LogP contribution in [0, 0.1) is 5.92 Å².